The van der Waals surface area contributed by atoms with Crippen molar-refractivity contribution in [2.75, 3.05) is 11.1 Å². The molecule has 26 heavy (non-hydrogen) atoms. The van der Waals surface area contributed by atoms with Gasteiger partial charge in [-0.1, -0.05) is 43.0 Å². The molecule has 1 heterocycles. The van der Waals surface area contributed by atoms with Crippen molar-refractivity contribution in [2.24, 2.45) is 0 Å². The van der Waals surface area contributed by atoms with Crippen molar-refractivity contribution < 1.29 is 14.3 Å². The number of nitrogens with zero attached hydrogens (tertiary/aromatic N) is 2. The normalized spacial score (nSPS) is 10.7. The minimum atomic E-state index is -0.129. The van der Waals surface area contributed by atoms with Gasteiger partial charge < -0.3 is 14.8 Å². The highest BCUT2D eigenvalue weighted by Gasteiger charge is 2.13. The van der Waals surface area contributed by atoms with Gasteiger partial charge in [0.25, 0.3) is 5.22 Å². The third-order valence-corrected chi connectivity index (χ3v) is 4.65. The summed E-state index contributed by atoms with van der Waals surface area (Å²) in [5.41, 5.74) is 3.63. The van der Waals surface area contributed by atoms with Crippen LogP contribution in [0, 0.1) is 6.92 Å². The van der Waals surface area contributed by atoms with Crippen LogP contribution >= 0.6 is 11.8 Å². The maximum atomic E-state index is 12.3. The first kappa shape index (κ1) is 18.0. The molecule has 0 spiro atoms. The summed E-state index contributed by atoms with van der Waals surface area (Å²) >= 11 is 1.17. The predicted octanol–water partition coefficient (Wildman–Crippen LogP) is 4.04. The molecule has 1 amide bonds. The number of aromatic nitrogens is 2. The molecule has 2 N–H and O–H groups in total. The van der Waals surface area contributed by atoms with E-state index in [9.17, 15) is 9.90 Å². The molecular weight excluding hydrogens is 350 g/mol. The first-order chi connectivity index (χ1) is 12.6. The van der Waals surface area contributed by atoms with Crippen LogP contribution in [0.15, 0.2) is 52.1 Å². The molecule has 0 bridgehead atoms. The number of carbonyl (C=O) groups is 1. The Hall–Kier alpha value is -2.80. The van der Waals surface area contributed by atoms with E-state index in [4.69, 9.17) is 4.42 Å². The maximum Gasteiger partial charge on any atom is 0.277 e. The van der Waals surface area contributed by atoms with Gasteiger partial charge in [-0.15, -0.1) is 10.2 Å². The second-order valence-electron chi connectivity index (χ2n) is 5.72. The first-order valence-electron chi connectivity index (χ1n) is 8.21. The van der Waals surface area contributed by atoms with Gasteiger partial charge in [-0.2, -0.15) is 0 Å². The second kappa shape index (κ2) is 8.05. The topological polar surface area (TPSA) is 88.2 Å². The van der Waals surface area contributed by atoms with Crippen molar-refractivity contribution in [1.29, 1.82) is 0 Å². The fourth-order valence-corrected chi connectivity index (χ4v) is 3.09. The summed E-state index contributed by atoms with van der Waals surface area (Å²) in [7, 11) is 0. The smallest absolute Gasteiger partial charge is 0.277 e. The number of para-hydroxylation sites is 1. The average molecular weight is 369 g/mol. The summed E-state index contributed by atoms with van der Waals surface area (Å²) in [5.74, 6) is 0.463. The number of nitrogens with one attached hydrogen (secondary N) is 1. The molecule has 3 aromatic rings. The zero-order chi connectivity index (χ0) is 18.5. The molecule has 1 aromatic heterocycles. The monoisotopic (exact) mass is 369 g/mol. The lowest BCUT2D eigenvalue weighted by Gasteiger charge is -2.12. The van der Waals surface area contributed by atoms with Crippen LogP contribution in [0.1, 0.15) is 18.1 Å². The highest BCUT2D eigenvalue weighted by atomic mass is 32.2. The number of hydrogen-bond donors (Lipinski definition) is 2. The lowest BCUT2D eigenvalue weighted by Crippen LogP contribution is -2.16. The molecule has 0 atom stereocenters. The largest absolute Gasteiger partial charge is 0.508 e. The number of rotatable bonds is 6. The number of phenols is 1. The summed E-state index contributed by atoms with van der Waals surface area (Å²) in [4.78, 5) is 12.3. The lowest BCUT2D eigenvalue weighted by atomic mass is 10.1. The second-order valence-corrected chi connectivity index (χ2v) is 6.65. The summed E-state index contributed by atoms with van der Waals surface area (Å²) in [6.45, 7) is 4.03. The minimum absolute atomic E-state index is 0.124. The number of benzene rings is 2. The number of carbonyl (C=O) groups excluding carboxylic acids is 1. The van der Waals surface area contributed by atoms with Gasteiger partial charge in [-0.05, 0) is 42.7 Å². The van der Waals surface area contributed by atoms with Crippen LogP contribution in [-0.4, -0.2) is 27.0 Å². The maximum absolute atomic E-state index is 12.3. The molecule has 0 saturated carbocycles. The van der Waals surface area contributed by atoms with Crippen molar-refractivity contribution in [3.05, 3.63) is 53.6 Å². The molecule has 2 aromatic carbocycles. The van der Waals surface area contributed by atoms with E-state index in [0.717, 1.165) is 23.2 Å². The Bertz CT molecular complexity index is 924. The molecule has 0 radical (unpaired) electrons. The lowest BCUT2D eigenvalue weighted by molar-refractivity contribution is -0.113. The predicted molar refractivity (Wildman–Crippen MR) is 101 cm³/mol. The van der Waals surface area contributed by atoms with E-state index in [1.165, 1.54) is 11.8 Å². The number of aryl methyl sites for hydroxylation is 2. The standard InChI is InChI=1S/C19H19N3O3S/c1-3-13-7-4-6-12(2)17(13)20-16(24)11-26-19-22-21-18(25-19)14-8-5-9-15(23)10-14/h4-10,23H,3,11H2,1-2H3,(H,20,24). The quantitative estimate of drug-likeness (QED) is 0.638. The van der Waals surface area contributed by atoms with Gasteiger partial charge >= 0.3 is 0 Å². The van der Waals surface area contributed by atoms with E-state index >= 15 is 0 Å². The van der Waals surface area contributed by atoms with Crippen molar-refractivity contribution in [3.63, 3.8) is 0 Å². The van der Waals surface area contributed by atoms with Crippen LogP contribution in [0.25, 0.3) is 11.5 Å². The molecule has 7 heteroatoms. The molecule has 6 nitrogen and oxygen atoms in total. The van der Waals surface area contributed by atoms with Gasteiger partial charge in [0, 0.05) is 11.3 Å². The third-order valence-electron chi connectivity index (χ3n) is 3.83. The van der Waals surface area contributed by atoms with Crippen LogP contribution in [0.3, 0.4) is 0 Å². The summed E-state index contributed by atoms with van der Waals surface area (Å²) in [6.07, 6.45) is 0.849. The summed E-state index contributed by atoms with van der Waals surface area (Å²) in [5, 5.41) is 20.7. The Morgan fingerprint density at radius 2 is 2.04 bits per heavy atom. The number of phenolic OH excluding ortho intramolecular Hbond substituents is 1. The van der Waals surface area contributed by atoms with E-state index < -0.39 is 0 Å². The molecule has 0 aliphatic rings. The fraction of sp³-hybridized carbons (Fsp3) is 0.211. The molecule has 0 unspecified atom stereocenters. The van der Waals surface area contributed by atoms with Crippen molar-refractivity contribution in [1.82, 2.24) is 10.2 Å². The molecule has 0 aliphatic heterocycles. The zero-order valence-corrected chi connectivity index (χ0v) is 15.3. The Morgan fingerprint density at radius 1 is 1.23 bits per heavy atom. The molecule has 0 fully saturated rings. The van der Waals surface area contributed by atoms with E-state index in [0.29, 0.717) is 16.7 Å². The van der Waals surface area contributed by atoms with Gasteiger partial charge in [0.2, 0.25) is 11.8 Å². The molecule has 134 valence electrons. The van der Waals surface area contributed by atoms with Crippen molar-refractivity contribution >= 4 is 23.4 Å². The van der Waals surface area contributed by atoms with Crippen molar-refractivity contribution in [3.8, 4) is 17.2 Å². The Labute approximate surface area is 155 Å². The average Bonchev–Trinajstić information content (AvgIpc) is 3.11. The van der Waals surface area contributed by atoms with Gasteiger partial charge in [0.1, 0.15) is 5.75 Å². The Kier molecular flexibility index (Phi) is 5.58. The highest BCUT2D eigenvalue weighted by molar-refractivity contribution is 7.99. The van der Waals surface area contributed by atoms with Crippen LogP contribution in [0.5, 0.6) is 5.75 Å². The van der Waals surface area contributed by atoms with E-state index in [1.807, 2.05) is 25.1 Å². The minimum Gasteiger partial charge on any atom is -0.508 e. The van der Waals surface area contributed by atoms with Crippen LogP contribution in [0.4, 0.5) is 5.69 Å². The molecule has 0 saturated heterocycles. The zero-order valence-electron chi connectivity index (χ0n) is 14.5. The van der Waals surface area contributed by atoms with Gasteiger partial charge in [-0.3, -0.25) is 4.79 Å². The highest BCUT2D eigenvalue weighted by Crippen LogP contribution is 2.26. The number of amides is 1. The fourth-order valence-electron chi connectivity index (χ4n) is 2.53. The Balaban J connectivity index is 1.62. The van der Waals surface area contributed by atoms with Crippen LogP contribution in [-0.2, 0) is 11.2 Å². The number of aromatic hydroxyl groups is 1. The first-order valence-corrected chi connectivity index (χ1v) is 9.19. The summed E-state index contributed by atoms with van der Waals surface area (Å²) in [6, 6.07) is 12.5. The van der Waals surface area contributed by atoms with Crippen LogP contribution in [0.2, 0.25) is 0 Å². The summed E-state index contributed by atoms with van der Waals surface area (Å²) < 4.78 is 5.54. The van der Waals surface area contributed by atoms with Gasteiger partial charge in [0.15, 0.2) is 0 Å². The van der Waals surface area contributed by atoms with Crippen molar-refractivity contribution in [2.45, 2.75) is 25.5 Å². The third kappa shape index (κ3) is 4.23. The Morgan fingerprint density at radius 3 is 2.81 bits per heavy atom. The van der Waals surface area contributed by atoms with Gasteiger partial charge in [0.05, 0.1) is 5.75 Å². The van der Waals surface area contributed by atoms with Crippen LogP contribution < -0.4 is 5.32 Å². The number of anilines is 1. The number of thioether (sulfide) groups is 1. The number of hydrogen-bond acceptors (Lipinski definition) is 6. The van der Waals surface area contributed by atoms with E-state index in [1.54, 1.807) is 24.3 Å². The van der Waals surface area contributed by atoms with E-state index in [-0.39, 0.29) is 17.4 Å². The molecule has 0 aliphatic carbocycles. The SMILES string of the molecule is CCc1cccc(C)c1NC(=O)CSc1nnc(-c2cccc(O)c2)o1. The van der Waals surface area contributed by atoms with E-state index in [2.05, 4.69) is 22.4 Å². The van der Waals surface area contributed by atoms with Gasteiger partial charge in [-0.25, -0.2) is 0 Å². The molecular formula is C19H19N3O3S. The molecule has 3 rings (SSSR count).